The molecule has 0 saturated heterocycles. The van der Waals surface area contributed by atoms with Crippen molar-refractivity contribution in [2.24, 2.45) is 4.99 Å². The van der Waals surface area contributed by atoms with Crippen LogP contribution < -0.4 is 10.6 Å². The van der Waals surface area contributed by atoms with Gasteiger partial charge in [-0.3, -0.25) is 4.99 Å². The van der Waals surface area contributed by atoms with Crippen molar-refractivity contribution in [1.82, 2.24) is 10.6 Å². The van der Waals surface area contributed by atoms with E-state index in [1.165, 1.54) is 17.7 Å². The second-order valence-electron chi connectivity index (χ2n) is 6.05. The first-order valence-electron chi connectivity index (χ1n) is 9.08. The minimum Gasteiger partial charge on any atom is -0.377 e. The Hall–Kier alpha value is -1.67. The lowest BCUT2D eigenvalue weighted by Crippen LogP contribution is -2.38. The van der Waals surface area contributed by atoms with Crippen LogP contribution in [0.15, 0.2) is 59.6 Å². The van der Waals surface area contributed by atoms with Crippen molar-refractivity contribution in [3.63, 3.8) is 0 Å². The van der Waals surface area contributed by atoms with Gasteiger partial charge in [-0.1, -0.05) is 42.5 Å². The third-order valence-electron chi connectivity index (χ3n) is 3.96. The van der Waals surface area contributed by atoms with Crippen LogP contribution in [0.3, 0.4) is 0 Å². The number of aliphatic imine (C=N–C) groups is 1. The van der Waals surface area contributed by atoms with E-state index in [1.807, 2.05) is 30.3 Å². The first-order chi connectivity index (χ1) is 12.8. The van der Waals surface area contributed by atoms with Gasteiger partial charge in [0.25, 0.3) is 0 Å². The SMILES string of the molecule is CN=C(NCCCCOCc1ccccc1)NCCc1ccc(F)cc1.I. The predicted molar refractivity (Wildman–Crippen MR) is 120 cm³/mol. The van der Waals surface area contributed by atoms with Crippen molar-refractivity contribution in [3.05, 3.63) is 71.5 Å². The molecule has 6 heteroatoms. The zero-order valence-corrected chi connectivity index (χ0v) is 18.1. The standard InChI is InChI=1S/C21H28FN3O.HI/c1-23-21(25-15-13-18-9-11-20(22)12-10-18)24-14-5-6-16-26-17-19-7-3-2-4-8-19;/h2-4,7-12H,5-6,13-17H2,1H3,(H2,23,24,25);1H. The molecular formula is C21H29FIN3O. The van der Waals surface area contributed by atoms with E-state index in [-0.39, 0.29) is 29.8 Å². The Kier molecular flexibility index (Phi) is 12.5. The number of nitrogens with zero attached hydrogens (tertiary/aromatic N) is 1. The molecule has 0 aliphatic heterocycles. The second-order valence-corrected chi connectivity index (χ2v) is 6.05. The van der Waals surface area contributed by atoms with E-state index in [0.717, 1.165) is 50.5 Å². The summed E-state index contributed by atoms with van der Waals surface area (Å²) in [6.45, 7) is 3.03. The third kappa shape index (κ3) is 10.3. The van der Waals surface area contributed by atoms with Crippen LogP contribution in [0.25, 0.3) is 0 Å². The highest BCUT2D eigenvalue weighted by atomic mass is 127. The highest BCUT2D eigenvalue weighted by Crippen LogP contribution is 2.03. The van der Waals surface area contributed by atoms with E-state index in [9.17, 15) is 4.39 Å². The van der Waals surface area contributed by atoms with Gasteiger partial charge in [0.1, 0.15) is 5.82 Å². The summed E-state index contributed by atoms with van der Waals surface area (Å²) >= 11 is 0. The van der Waals surface area contributed by atoms with Crippen LogP contribution >= 0.6 is 24.0 Å². The summed E-state index contributed by atoms with van der Waals surface area (Å²) in [4.78, 5) is 4.21. The molecule has 0 aromatic heterocycles. The lowest BCUT2D eigenvalue weighted by Gasteiger charge is -2.12. The molecule has 2 rings (SSSR count). The average Bonchev–Trinajstić information content (AvgIpc) is 2.68. The first-order valence-corrected chi connectivity index (χ1v) is 9.08. The van der Waals surface area contributed by atoms with Gasteiger partial charge < -0.3 is 15.4 Å². The van der Waals surface area contributed by atoms with Crippen molar-refractivity contribution >= 4 is 29.9 Å². The molecule has 0 bridgehead atoms. The highest BCUT2D eigenvalue weighted by Gasteiger charge is 1.99. The largest absolute Gasteiger partial charge is 0.377 e. The van der Waals surface area contributed by atoms with Crippen LogP contribution in [-0.4, -0.2) is 32.7 Å². The van der Waals surface area contributed by atoms with Crippen molar-refractivity contribution in [1.29, 1.82) is 0 Å². The van der Waals surface area contributed by atoms with Crippen molar-refractivity contribution in [3.8, 4) is 0 Å². The number of guanidine groups is 1. The summed E-state index contributed by atoms with van der Waals surface area (Å²) in [6, 6.07) is 16.8. The van der Waals surface area contributed by atoms with Gasteiger partial charge in [0.2, 0.25) is 0 Å². The number of nitrogens with one attached hydrogen (secondary N) is 2. The molecule has 0 fully saturated rings. The fourth-order valence-electron chi connectivity index (χ4n) is 2.50. The van der Waals surface area contributed by atoms with Crippen molar-refractivity contribution < 1.29 is 9.13 Å². The molecular weight excluding hydrogens is 456 g/mol. The van der Waals surface area contributed by atoms with Crippen LogP contribution in [0, 0.1) is 5.82 Å². The Balaban J connectivity index is 0.00000364. The Morgan fingerprint density at radius 2 is 1.63 bits per heavy atom. The molecule has 2 N–H and O–H groups in total. The van der Waals surface area contributed by atoms with Gasteiger partial charge in [-0.15, -0.1) is 24.0 Å². The minimum absolute atomic E-state index is 0. The molecule has 4 nitrogen and oxygen atoms in total. The Morgan fingerprint density at radius 3 is 2.33 bits per heavy atom. The van der Waals surface area contributed by atoms with E-state index in [0.29, 0.717) is 6.61 Å². The maximum atomic E-state index is 12.9. The third-order valence-corrected chi connectivity index (χ3v) is 3.96. The van der Waals surface area contributed by atoms with Crippen LogP contribution in [0.5, 0.6) is 0 Å². The van der Waals surface area contributed by atoms with Crippen LogP contribution in [0.1, 0.15) is 24.0 Å². The molecule has 0 aliphatic rings. The molecule has 148 valence electrons. The van der Waals surface area contributed by atoms with Gasteiger partial charge in [0, 0.05) is 26.7 Å². The van der Waals surface area contributed by atoms with Gasteiger partial charge in [-0.25, -0.2) is 4.39 Å². The van der Waals surface area contributed by atoms with Gasteiger partial charge in [-0.2, -0.15) is 0 Å². The average molecular weight is 485 g/mol. The molecule has 0 saturated carbocycles. The van der Waals surface area contributed by atoms with Crippen LogP contribution in [0.4, 0.5) is 4.39 Å². The summed E-state index contributed by atoms with van der Waals surface area (Å²) in [5.74, 6) is 0.587. The molecule has 0 heterocycles. The maximum absolute atomic E-state index is 12.9. The van der Waals surface area contributed by atoms with E-state index in [2.05, 4.69) is 27.8 Å². The molecule has 2 aromatic rings. The van der Waals surface area contributed by atoms with E-state index in [1.54, 1.807) is 7.05 Å². The summed E-state index contributed by atoms with van der Waals surface area (Å²) in [5, 5.41) is 6.57. The molecule has 0 aliphatic carbocycles. The Morgan fingerprint density at radius 1 is 0.926 bits per heavy atom. The van der Waals surface area contributed by atoms with Crippen molar-refractivity contribution in [2.75, 3.05) is 26.7 Å². The molecule has 0 amide bonds. The topological polar surface area (TPSA) is 45.7 Å². The fraction of sp³-hybridized carbons (Fsp3) is 0.381. The normalized spacial score (nSPS) is 11.0. The number of benzene rings is 2. The minimum atomic E-state index is -0.202. The molecule has 2 aromatic carbocycles. The number of rotatable bonds is 10. The molecule has 0 spiro atoms. The van der Waals surface area contributed by atoms with Crippen LogP contribution in [0.2, 0.25) is 0 Å². The van der Waals surface area contributed by atoms with E-state index < -0.39 is 0 Å². The summed E-state index contributed by atoms with van der Waals surface area (Å²) in [7, 11) is 1.76. The van der Waals surface area contributed by atoms with Gasteiger partial charge in [0.15, 0.2) is 5.96 Å². The zero-order valence-electron chi connectivity index (χ0n) is 15.8. The van der Waals surface area contributed by atoms with Crippen molar-refractivity contribution in [2.45, 2.75) is 25.9 Å². The first kappa shape index (κ1) is 23.4. The Labute approximate surface area is 178 Å². The van der Waals surface area contributed by atoms with Gasteiger partial charge in [-0.05, 0) is 42.5 Å². The second kappa shape index (κ2) is 14.4. The Bertz CT molecular complexity index is 650. The highest BCUT2D eigenvalue weighted by molar-refractivity contribution is 14.0. The number of unbranched alkanes of at least 4 members (excludes halogenated alkanes) is 1. The van der Waals surface area contributed by atoms with E-state index in [4.69, 9.17) is 4.74 Å². The predicted octanol–water partition coefficient (Wildman–Crippen LogP) is 4.15. The number of hydrogen-bond acceptors (Lipinski definition) is 2. The number of hydrogen-bond donors (Lipinski definition) is 2. The number of halogens is 2. The quantitative estimate of drug-likeness (QED) is 0.230. The van der Waals surface area contributed by atoms with Gasteiger partial charge in [0.05, 0.1) is 6.61 Å². The summed E-state index contributed by atoms with van der Waals surface area (Å²) < 4.78 is 18.6. The zero-order chi connectivity index (χ0) is 18.5. The molecule has 0 radical (unpaired) electrons. The van der Waals surface area contributed by atoms with Gasteiger partial charge >= 0.3 is 0 Å². The van der Waals surface area contributed by atoms with Crippen LogP contribution in [-0.2, 0) is 17.8 Å². The summed E-state index contributed by atoms with van der Waals surface area (Å²) in [6.07, 6.45) is 2.86. The summed E-state index contributed by atoms with van der Waals surface area (Å²) in [5.41, 5.74) is 2.31. The lowest BCUT2D eigenvalue weighted by molar-refractivity contribution is 0.117. The molecule has 0 atom stereocenters. The maximum Gasteiger partial charge on any atom is 0.190 e. The fourth-order valence-corrected chi connectivity index (χ4v) is 2.50. The molecule has 27 heavy (non-hydrogen) atoms. The number of ether oxygens (including phenoxy) is 1. The van der Waals surface area contributed by atoms with E-state index >= 15 is 0 Å². The molecule has 0 unspecified atom stereocenters. The smallest absolute Gasteiger partial charge is 0.190 e. The lowest BCUT2D eigenvalue weighted by atomic mass is 10.1. The monoisotopic (exact) mass is 485 g/mol.